The molecule has 6 aliphatic carbocycles. The van der Waals surface area contributed by atoms with Crippen molar-refractivity contribution in [2.75, 3.05) is 39.3 Å². The molecule has 0 radical (unpaired) electrons. The van der Waals surface area contributed by atoms with E-state index in [-0.39, 0.29) is 94.0 Å². The van der Waals surface area contributed by atoms with Crippen LogP contribution in [-0.4, -0.2) is 119 Å². The molecule has 4 amide bonds. The first kappa shape index (κ1) is 57.6. The van der Waals surface area contributed by atoms with Crippen molar-refractivity contribution < 1.29 is 48.5 Å². The maximum Gasteiger partial charge on any atom is 0.414 e. The number of rotatable bonds is 6. The Morgan fingerprint density at radius 3 is 1.29 bits per heavy atom. The molecule has 0 spiro atoms. The molecule has 15 heteroatoms. The Balaban J connectivity index is 0.000000197. The number of Topliss-reactive ketones (excluding diaryl/α,β-unsaturated/α-hetero) is 2. The van der Waals surface area contributed by atoms with Crippen LogP contribution in [0.1, 0.15) is 159 Å². The highest BCUT2D eigenvalue weighted by Gasteiger charge is 2.70. The number of alkyl carbamates (subject to hydrolysis) is 2. The zero-order chi connectivity index (χ0) is 53.5. The Bertz CT molecular complexity index is 2240. The Labute approximate surface area is 453 Å². The van der Waals surface area contributed by atoms with Gasteiger partial charge in [0.05, 0.1) is 24.0 Å². The third-order valence-corrected chi connectivity index (χ3v) is 23.4. The Kier molecular flexibility index (Phi) is 16.3. The molecule has 8 bridgehead atoms. The highest BCUT2D eigenvalue weighted by atomic mass is 35.5. The lowest BCUT2D eigenvalue weighted by Crippen LogP contribution is -2.63. The molecule has 10 fully saturated rings. The summed E-state index contributed by atoms with van der Waals surface area (Å²) in [5.41, 5.74) is -3.03. The van der Waals surface area contributed by atoms with E-state index in [0.29, 0.717) is 63.5 Å². The van der Waals surface area contributed by atoms with Gasteiger partial charge >= 0.3 is 12.2 Å². The first-order chi connectivity index (χ1) is 34.9. The SMILES string of the molecule is CC#CC[C@]1(C)C[C@@H](OC(=O)NC(=O)[C@H]2CN3CC[C@@H]2C3)[C@@]2(C)C3C(=O)CCC3(CC[C@H]2C)[C@@H](C)[C@@H]1O.CC#CC[C@]1(C)C[C@@H](OC(=O)NC(=O)[C@H]2CN3CC[C@@H]2C3)[C@@]2(C)C3C(=O)CCC3(CC[C@H]2C)[C@@H](C)[C@@H]1O.Cl. The minimum atomic E-state index is -0.727. The fourth-order valence-electron chi connectivity index (χ4n) is 18.5. The molecule has 0 aromatic carbocycles. The Morgan fingerprint density at radius 1 is 0.600 bits per heavy atom. The number of ketones is 2. The van der Waals surface area contributed by atoms with Crippen molar-refractivity contribution in [2.24, 2.45) is 91.7 Å². The molecular formula is C60H89ClN4O10. The summed E-state index contributed by atoms with van der Waals surface area (Å²) >= 11 is 0. The summed E-state index contributed by atoms with van der Waals surface area (Å²) < 4.78 is 12.4. The number of nitrogens with zero attached hydrogens (tertiary/aromatic N) is 2. The van der Waals surface area contributed by atoms with Crippen molar-refractivity contribution in [2.45, 2.75) is 184 Å². The summed E-state index contributed by atoms with van der Waals surface area (Å²) in [6.45, 7) is 25.8. The Morgan fingerprint density at radius 2 is 0.973 bits per heavy atom. The highest BCUT2D eigenvalue weighted by Crippen LogP contribution is 2.70. The van der Waals surface area contributed by atoms with Gasteiger partial charge in [-0.2, -0.15) is 0 Å². The van der Waals surface area contributed by atoms with E-state index in [1.807, 2.05) is 13.8 Å². The molecule has 4 aliphatic heterocycles. The summed E-state index contributed by atoms with van der Waals surface area (Å²) in [4.78, 5) is 84.3. The average molecular weight is 1060 g/mol. The second kappa shape index (κ2) is 21.3. The number of aliphatic hydroxyl groups is 2. The fourth-order valence-corrected chi connectivity index (χ4v) is 18.5. The second-order valence-electron chi connectivity index (χ2n) is 26.9. The van der Waals surface area contributed by atoms with Gasteiger partial charge in [-0.1, -0.05) is 55.4 Å². The van der Waals surface area contributed by atoms with Crippen molar-refractivity contribution in [1.82, 2.24) is 20.4 Å². The van der Waals surface area contributed by atoms with Crippen molar-refractivity contribution in [3.05, 3.63) is 0 Å². The predicted octanol–water partition coefficient (Wildman–Crippen LogP) is 7.99. The summed E-state index contributed by atoms with van der Waals surface area (Å²) in [5, 5.41) is 28.8. The van der Waals surface area contributed by atoms with E-state index < -0.39 is 58.3 Å². The summed E-state index contributed by atoms with van der Waals surface area (Å²) in [5.74, 6) is 12.1. The number of nitrogens with one attached hydrogen (secondary N) is 2. The lowest BCUT2D eigenvalue weighted by atomic mass is 9.43. The van der Waals surface area contributed by atoms with Crippen molar-refractivity contribution >= 4 is 48.0 Å². The standard InChI is InChI=1S/2C30H44N2O5.ClH/c2*1-6-7-11-28(4)15-23(37-27(36)31-26(35)21-17-32-14-10-20(21)16-32)29(5)18(2)8-12-30(19(3)25(28)34)13-9-22(33)24(29)30;/h2*18-21,23-25,34H,8-17H2,1-5H3,(H,31,35,36);1H/t2*18-,19+,20-,21+,23-,24?,25+,28-,29+,30?;/m11./s1. The van der Waals surface area contributed by atoms with Gasteiger partial charge < -0.3 is 29.5 Å². The lowest BCUT2D eigenvalue weighted by Gasteiger charge is -2.62. The Hall–Kier alpha value is -3.53. The third kappa shape index (κ3) is 9.50. The minimum absolute atomic E-state index is 0. The molecule has 416 valence electrons. The van der Waals surface area contributed by atoms with Gasteiger partial charge in [-0.15, -0.1) is 36.1 Å². The van der Waals surface area contributed by atoms with E-state index in [4.69, 9.17) is 9.47 Å². The highest BCUT2D eigenvalue weighted by molar-refractivity contribution is 5.94. The zero-order valence-corrected chi connectivity index (χ0v) is 47.5. The maximum absolute atomic E-state index is 13.6. The van der Waals surface area contributed by atoms with Gasteiger partial charge in [-0.3, -0.25) is 29.8 Å². The van der Waals surface area contributed by atoms with Crippen LogP contribution in [0.25, 0.3) is 0 Å². The van der Waals surface area contributed by atoms with Crippen LogP contribution in [0.15, 0.2) is 0 Å². The first-order valence-corrected chi connectivity index (χ1v) is 28.6. The van der Waals surface area contributed by atoms with Crippen LogP contribution in [0.3, 0.4) is 0 Å². The molecule has 10 aliphatic rings. The number of carbonyl (C=O) groups is 6. The average Bonchev–Trinajstić information content (AvgIpc) is 4.26. The van der Waals surface area contributed by atoms with Crippen LogP contribution in [0.5, 0.6) is 0 Å². The molecule has 4 heterocycles. The van der Waals surface area contributed by atoms with Gasteiger partial charge in [0.1, 0.15) is 23.8 Å². The lowest BCUT2D eigenvalue weighted by molar-refractivity contribution is -0.197. The molecule has 75 heavy (non-hydrogen) atoms. The summed E-state index contributed by atoms with van der Waals surface area (Å²) in [7, 11) is 0. The maximum atomic E-state index is 13.6. The van der Waals surface area contributed by atoms with Crippen LogP contribution in [0.4, 0.5) is 9.59 Å². The van der Waals surface area contributed by atoms with Gasteiger partial charge in [0.2, 0.25) is 11.8 Å². The van der Waals surface area contributed by atoms with Crippen molar-refractivity contribution in [3.63, 3.8) is 0 Å². The number of imide groups is 2. The van der Waals surface area contributed by atoms with Gasteiger partial charge in [0.15, 0.2) is 0 Å². The molecule has 6 unspecified atom stereocenters. The molecule has 0 aromatic rings. The van der Waals surface area contributed by atoms with E-state index >= 15 is 0 Å². The molecule has 0 aromatic heterocycles. The van der Waals surface area contributed by atoms with Gasteiger partial charge in [-0.05, 0) is 137 Å². The zero-order valence-electron chi connectivity index (χ0n) is 46.7. The number of halogens is 1. The van der Waals surface area contributed by atoms with Crippen LogP contribution in [-0.2, 0) is 28.7 Å². The largest absolute Gasteiger partial charge is 0.445 e. The second-order valence-corrected chi connectivity index (χ2v) is 26.9. The van der Waals surface area contributed by atoms with Crippen molar-refractivity contribution in [3.8, 4) is 23.7 Å². The van der Waals surface area contributed by atoms with E-state index in [0.717, 1.165) is 77.5 Å². The van der Waals surface area contributed by atoms with Crippen LogP contribution < -0.4 is 10.6 Å². The minimum Gasteiger partial charge on any atom is -0.445 e. The van der Waals surface area contributed by atoms with E-state index in [9.17, 15) is 39.0 Å². The first-order valence-electron chi connectivity index (χ1n) is 28.6. The molecule has 4 saturated heterocycles. The molecule has 6 saturated carbocycles. The molecule has 10 rings (SSSR count). The number of amides is 4. The topological polar surface area (TPSA) is 192 Å². The van der Waals surface area contributed by atoms with Crippen molar-refractivity contribution in [1.29, 1.82) is 0 Å². The van der Waals surface area contributed by atoms with Gasteiger partial charge in [-0.25, -0.2) is 9.59 Å². The van der Waals surface area contributed by atoms with E-state index in [1.165, 1.54) is 0 Å². The number of hydrogen-bond acceptors (Lipinski definition) is 12. The van der Waals surface area contributed by atoms with Crippen LogP contribution >= 0.6 is 12.4 Å². The smallest absolute Gasteiger partial charge is 0.414 e. The summed E-state index contributed by atoms with van der Waals surface area (Å²) in [6.07, 6.45) is 5.87. The number of carbonyl (C=O) groups excluding carboxylic acids is 6. The molecular weight excluding hydrogens is 972 g/mol. The number of fused-ring (bicyclic) bond motifs is 4. The predicted molar refractivity (Wildman–Crippen MR) is 285 cm³/mol. The van der Waals surface area contributed by atoms with E-state index in [2.05, 4.69) is 85.7 Å². The quantitative estimate of drug-likeness (QED) is 0.188. The molecule has 14 nitrogen and oxygen atoms in total. The fraction of sp³-hybridized carbons (Fsp3) is 0.833. The monoisotopic (exact) mass is 1060 g/mol. The number of ether oxygens (including phenoxy) is 2. The van der Waals surface area contributed by atoms with Crippen LogP contribution in [0, 0.1) is 115 Å². The molecule has 4 N–H and O–H groups in total. The molecule has 22 atom stereocenters. The van der Waals surface area contributed by atoms with E-state index in [1.54, 1.807) is 13.8 Å². The number of hydrogen-bond donors (Lipinski definition) is 4. The summed E-state index contributed by atoms with van der Waals surface area (Å²) in [6, 6.07) is 0. The number of aliphatic hydroxyl groups excluding tert-OH is 2. The van der Waals surface area contributed by atoms with Gasteiger partial charge in [0, 0.05) is 85.4 Å². The van der Waals surface area contributed by atoms with Gasteiger partial charge in [0.25, 0.3) is 0 Å². The van der Waals surface area contributed by atoms with Crippen LogP contribution in [0.2, 0.25) is 0 Å². The third-order valence-electron chi connectivity index (χ3n) is 23.4. The number of piperidine rings is 2. The normalized spacial score (nSPS) is 47.7.